The third kappa shape index (κ3) is 4.17. The van der Waals surface area contributed by atoms with Crippen LogP contribution in [0.15, 0.2) is 0 Å². The van der Waals surface area contributed by atoms with Crippen LogP contribution >= 0.6 is 0 Å². The molecule has 0 radical (unpaired) electrons. The Labute approximate surface area is 119 Å². The molecule has 8 heteroatoms. The van der Waals surface area contributed by atoms with Gasteiger partial charge in [0.05, 0.1) is 6.61 Å². The highest BCUT2D eigenvalue weighted by molar-refractivity contribution is 5.34. The molecule has 1 unspecified atom stereocenters. The predicted octanol–water partition coefficient (Wildman–Crippen LogP) is 0.310. The van der Waals surface area contributed by atoms with Crippen molar-refractivity contribution in [3.63, 3.8) is 0 Å². The van der Waals surface area contributed by atoms with E-state index < -0.39 is 0 Å². The van der Waals surface area contributed by atoms with Crippen molar-refractivity contribution in [2.75, 3.05) is 44.0 Å². The lowest BCUT2D eigenvalue weighted by Gasteiger charge is -2.29. The summed E-state index contributed by atoms with van der Waals surface area (Å²) in [6.45, 7) is 5.49. The van der Waals surface area contributed by atoms with Gasteiger partial charge in [-0.05, 0) is 39.3 Å². The lowest BCUT2D eigenvalue weighted by atomic mass is 9.99. The fourth-order valence-electron chi connectivity index (χ4n) is 2.37. The number of nitrogens with one attached hydrogen (secondary N) is 2. The van der Waals surface area contributed by atoms with Gasteiger partial charge in [-0.25, -0.2) is 5.84 Å². The number of nitrogen functional groups attached to an aromatic ring is 1. The second-order valence-corrected chi connectivity index (χ2v) is 4.99. The molecule has 1 saturated heterocycles. The number of hydrogen-bond donors (Lipinski definition) is 3. The Bertz CT molecular complexity index is 428. The molecule has 0 aromatic carbocycles. The van der Waals surface area contributed by atoms with Crippen LogP contribution in [0.3, 0.4) is 0 Å². The molecule has 112 valence electrons. The van der Waals surface area contributed by atoms with Gasteiger partial charge in [-0.1, -0.05) is 0 Å². The van der Waals surface area contributed by atoms with E-state index in [1.54, 1.807) is 0 Å². The summed E-state index contributed by atoms with van der Waals surface area (Å²) < 4.78 is 5.29. The van der Waals surface area contributed by atoms with Gasteiger partial charge in [0.1, 0.15) is 0 Å². The van der Waals surface area contributed by atoms with Crippen molar-refractivity contribution >= 4 is 11.9 Å². The van der Waals surface area contributed by atoms with Crippen LogP contribution in [0.1, 0.15) is 19.8 Å². The lowest BCUT2D eigenvalue weighted by molar-refractivity contribution is 0.217. The van der Waals surface area contributed by atoms with Crippen LogP contribution in [0.25, 0.3) is 0 Å². The summed E-state index contributed by atoms with van der Waals surface area (Å²) in [4.78, 5) is 14.8. The summed E-state index contributed by atoms with van der Waals surface area (Å²) in [6, 6.07) is 0.277. The maximum Gasteiger partial charge on any atom is 0.323 e. The number of hydrazine groups is 1. The first kappa shape index (κ1) is 14.7. The summed E-state index contributed by atoms with van der Waals surface area (Å²) in [7, 11) is 2.15. The standard InChI is InChI=1S/C12H23N7O/c1-3-20-12-16-10(15-11(17-12)18-13)14-7-9-5-4-6-19(2)8-9/h9H,3-8,13H2,1-2H3,(H2,14,15,16,17,18). The SMILES string of the molecule is CCOc1nc(NN)nc(NCC2CCCN(C)C2)n1. The first-order chi connectivity index (χ1) is 9.71. The third-order valence-electron chi connectivity index (χ3n) is 3.29. The van der Waals surface area contributed by atoms with Gasteiger partial charge in [0, 0.05) is 13.1 Å². The zero-order chi connectivity index (χ0) is 14.4. The van der Waals surface area contributed by atoms with Crippen LogP contribution in [0.5, 0.6) is 6.01 Å². The van der Waals surface area contributed by atoms with E-state index in [0.717, 1.165) is 13.1 Å². The van der Waals surface area contributed by atoms with E-state index in [-0.39, 0.29) is 6.01 Å². The monoisotopic (exact) mass is 281 g/mol. The number of anilines is 2. The molecule has 0 saturated carbocycles. The van der Waals surface area contributed by atoms with Crippen LogP contribution in [0.2, 0.25) is 0 Å². The zero-order valence-electron chi connectivity index (χ0n) is 12.1. The summed E-state index contributed by atoms with van der Waals surface area (Å²) in [6.07, 6.45) is 2.46. The average molecular weight is 281 g/mol. The van der Waals surface area contributed by atoms with Crippen molar-refractivity contribution in [3.8, 4) is 6.01 Å². The van der Waals surface area contributed by atoms with Crippen LogP contribution in [0.4, 0.5) is 11.9 Å². The molecule has 8 nitrogen and oxygen atoms in total. The molecule has 1 aromatic rings. The molecule has 1 atom stereocenters. The van der Waals surface area contributed by atoms with E-state index in [1.165, 1.54) is 19.4 Å². The van der Waals surface area contributed by atoms with Crippen LogP contribution in [-0.2, 0) is 0 Å². The molecule has 20 heavy (non-hydrogen) atoms. The van der Waals surface area contributed by atoms with Crippen molar-refractivity contribution in [1.29, 1.82) is 0 Å². The van der Waals surface area contributed by atoms with E-state index in [9.17, 15) is 0 Å². The average Bonchev–Trinajstić information content (AvgIpc) is 2.45. The molecule has 1 fully saturated rings. The van der Waals surface area contributed by atoms with Crippen LogP contribution in [0, 0.1) is 5.92 Å². The molecule has 1 aromatic heterocycles. The first-order valence-electron chi connectivity index (χ1n) is 6.99. The normalized spacial score (nSPS) is 19.6. The quantitative estimate of drug-likeness (QED) is 0.506. The summed E-state index contributed by atoms with van der Waals surface area (Å²) in [5.41, 5.74) is 2.42. The Balaban J connectivity index is 1.95. The van der Waals surface area contributed by atoms with Crippen molar-refractivity contribution in [3.05, 3.63) is 0 Å². The van der Waals surface area contributed by atoms with E-state index >= 15 is 0 Å². The lowest BCUT2D eigenvalue weighted by Crippen LogP contribution is -2.35. The summed E-state index contributed by atoms with van der Waals surface area (Å²) in [5.74, 6) is 6.74. The van der Waals surface area contributed by atoms with Gasteiger partial charge in [-0.3, -0.25) is 5.43 Å². The Morgan fingerprint density at radius 1 is 1.35 bits per heavy atom. The molecular weight excluding hydrogens is 258 g/mol. The molecule has 1 aliphatic rings. The van der Waals surface area contributed by atoms with Crippen LogP contribution < -0.4 is 21.3 Å². The van der Waals surface area contributed by atoms with E-state index in [4.69, 9.17) is 10.6 Å². The topological polar surface area (TPSA) is 101 Å². The van der Waals surface area contributed by atoms with Gasteiger partial charge < -0.3 is 15.0 Å². The molecule has 0 aliphatic carbocycles. The fourth-order valence-corrected chi connectivity index (χ4v) is 2.37. The van der Waals surface area contributed by atoms with Gasteiger partial charge in [0.15, 0.2) is 0 Å². The molecule has 4 N–H and O–H groups in total. The minimum absolute atomic E-state index is 0.277. The summed E-state index contributed by atoms with van der Waals surface area (Å²) >= 11 is 0. The van der Waals surface area contributed by atoms with Crippen LogP contribution in [-0.4, -0.2) is 53.1 Å². The molecule has 2 rings (SSSR count). The zero-order valence-corrected chi connectivity index (χ0v) is 12.1. The van der Waals surface area contributed by atoms with Crippen molar-refractivity contribution < 1.29 is 4.74 Å². The van der Waals surface area contributed by atoms with Gasteiger partial charge in [-0.2, -0.15) is 15.0 Å². The Morgan fingerprint density at radius 2 is 2.15 bits per heavy atom. The van der Waals surface area contributed by atoms with Gasteiger partial charge in [0.25, 0.3) is 0 Å². The molecular formula is C12H23N7O. The number of likely N-dealkylation sites (tertiary alicyclic amines) is 1. The molecule has 2 heterocycles. The minimum atomic E-state index is 0.277. The maximum atomic E-state index is 5.35. The third-order valence-corrected chi connectivity index (χ3v) is 3.29. The van der Waals surface area contributed by atoms with E-state index in [2.05, 4.69) is 37.6 Å². The second-order valence-electron chi connectivity index (χ2n) is 4.99. The van der Waals surface area contributed by atoms with Crippen molar-refractivity contribution in [2.24, 2.45) is 11.8 Å². The maximum absolute atomic E-state index is 5.35. The second kappa shape index (κ2) is 7.20. The van der Waals surface area contributed by atoms with Gasteiger partial charge in [0.2, 0.25) is 11.9 Å². The molecule has 1 aliphatic heterocycles. The summed E-state index contributed by atoms with van der Waals surface area (Å²) in [5, 5.41) is 3.24. The first-order valence-corrected chi connectivity index (χ1v) is 6.99. The smallest absolute Gasteiger partial charge is 0.323 e. The largest absolute Gasteiger partial charge is 0.464 e. The highest BCUT2D eigenvalue weighted by Gasteiger charge is 2.17. The number of aromatic nitrogens is 3. The molecule has 0 spiro atoms. The Morgan fingerprint density at radius 3 is 2.85 bits per heavy atom. The number of rotatable bonds is 6. The number of piperidine rings is 1. The number of nitrogens with two attached hydrogens (primary N) is 1. The van der Waals surface area contributed by atoms with Crippen molar-refractivity contribution in [2.45, 2.75) is 19.8 Å². The molecule has 0 bridgehead atoms. The van der Waals surface area contributed by atoms with Gasteiger partial charge >= 0.3 is 6.01 Å². The number of nitrogens with zero attached hydrogens (tertiary/aromatic N) is 4. The van der Waals surface area contributed by atoms with Gasteiger partial charge in [-0.15, -0.1) is 0 Å². The highest BCUT2D eigenvalue weighted by atomic mass is 16.5. The van der Waals surface area contributed by atoms with E-state index in [1.807, 2.05) is 6.92 Å². The Hall–Kier alpha value is -1.67. The number of ether oxygens (including phenoxy) is 1. The minimum Gasteiger partial charge on any atom is -0.464 e. The number of hydrogen-bond acceptors (Lipinski definition) is 8. The molecule has 0 amide bonds. The fraction of sp³-hybridized carbons (Fsp3) is 0.750. The highest BCUT2D eigenvalue weighted by Crippen LogP contribution is 2.16. The van der Waals surface area contributed by atoms with E-state index in [0.29, 0.717) is 24.4 Å². The van der Waals surface area contributed by atoms with Crippen molar-refractivity contribution in [1.82, 2.24) is 19.9 Å². The Kier molecular flexibility index (Phi) is 5.31. The predicted molar refractivity (Wildman–Crippen MR) is 77.5 cm³/mol.